The number of nitrogens with one attached hydrogen (secondary N) is 1. The number of carbonyl (C=O) groups is 2. The highest BCUT2D eigenvalue weighted by Gasteiger charge is 2.58. The Balaban J connectivity index is 1.80. The number of thiophene rings is 1. The van der Waals surface area contributed by atoms with Gasteiger partial charge in [0.2, 0.25) is 13.9 Å². The molecule has 0 saturated carbocycles. The molecule has 1 saturated heterocycles. The lowest BCUT2D eigenvalue weighted by atomic mass is 10.1. The first kappa shape index (κ1) is 22.5. The fourth-order valence-corrected chi connectivity index (χ4v) is 8.24. The number of benzene rings is 1. The Kier molecular flexibility index (Phi) is 6.88. The van der Waals surface area contributed by atoms with Gasteiger partial charge in [-0.3, -0.25) is 14.9 Å². The van der Waals surface area contributed by atoms with Gasteiger partial charge in [0.05, 0.1) is 9.36 Å². The molecule has 1 unspecified atom stereocenters. The normalized spacial score (nSPS) is 19.0. The summed E-state index contributed by atoms with van der Waals surface area (Å²) in [7, 11) is -4.14. The van der Waals surface area contributed by atoms with Crippen LogP contribution in [0.1, 0.15) is 24.8 Å². The van der Waals surface area contributed by atoms with Gasteiger partial charge in [-0.2, -0.15) is 0 Å². The average molecular weight is 509 g/mol. The molecule has 1 aliphatic heterocycles. The topological polar surface area (TPSA) is 80.3 Å². The molecule has 0 aliphatic carbocycles. The summed E-state index contributed by atoms with van der Waals surface area (Å²) in [5, 5.41) is 2.33. The summed E-state index contributed by atoms with van der Waals surface area (Å²) in [5.41, 5.74) is 0.554. The molecule has 11 heteroatoms. The first-order valence-corrected chi connectivity index (χ1v) is 12.4. The molecule has 29 heavy (non-hydrogen) atoms. The fourth-order valence-electron chi connectivity index (χ4n) is 2.65. The van der Waals surface area contributed by atoms with Gasteiger partial charge < -0.3 is 0 Å². The summed E-state index contributed by atoms with van der Waals surface area (Å²) in [6, 6.07) is 7.68. The third-order valence-corrected chi connectivity index (χ3v) is 10.4. The number of amides is 2. The van der Waals surface area contributed by atoms with Crippen LogP contribution in [-0.2, 0) is 14.6 Å². The van der Waals surface area contributed by atoms with Gasteiger partial charge in [-0.05, 0) is 54.9 Å². The highest BCUT2D eigenvalue weighted by Crippen LogP contribution is 2.46. The lowest BCUT2D eigenvalue weighted by Gasteiger charge is -2.23. The standard InChI is InChI=1S/C18H12Cl3NO4S3/c19-12-5-6-13(20)11(10-12)4-2-1-3-9-18(16(23)22-17(24)28-18)29(25,26)15-8-7-14(21)27-15/h5-8,10H,1,3,9H2,(H,22,23,24). The molecular weight excluding hydrogens is 497 g/mol. The summed E-state index contributed by atoms with van der Waals surface area (Å²) < 4.78 is 24.6. The summed E-state index contributed by atoms with van der Waals surface area (Å²) in [4.78, 5) is 24.3. The molecule has 152 valence electrons. The number of carbonyl (C=O) groups excluding carboxylic acids is 2. The van der Waals surface area contributed by atoms with Crippen LogP contribution >= 0.6 is 57.9 Å². The van der Waals surface area contributed by atoms with Crippen molar-refractivity contribution in [3.8, 4) is 11.8 Å². The molecule has 0 bridgehead atoms. The zero-order valence-corrected chi connectivity index (χ0v) is 19.2. The quantitative estimate of drug-likeness (QED) is 0.433. The van der Waals surface area contributed by atoms with Crippen LogP contribution in [0.2, 0.25) is 14.4 Å². The molecule has 1 aromatic carbocycles. The largest absolute Gasteiger partial charge is 0.287 e. The maximum absolute atomic E-state index is 13.1. The minimum absolute atomic E-state index is 0.0587. The van der Waals surface area contributed by atoms with Gasteiger partial charge in [0, 0.05) is 17.0 Å². The molecular formula is C18H12Cl3NO4S3. The highest BCUT2D eigenvalue weighted by molar-refractivity contribution is 8.25. The van der Waals surface area contributed by atoms with E-state index in [9.17, 15) is 18.0 Å². The van der Waals surface area contributed by atoms with E-state index >= 15 is 0 Å². The fraction of sp³-hybridized carbons (Fsp3) is 0.222. The van der Waals surface area contributed by atoms with Crippen LogP contribution in [-0.4, -0.2) is 23.6 Å². The molecule has 3 rings (SSSR count). The molecule has 2 aromatic rings. The van der Waals surface area contributed by atoms with Gasteiger partial charge in [0.15, 0.2) is 0 Å². The second-order valence-electron chi connectivity index (χ2n) is 5.94. The van der Waals surface area contributed by atoms with Crippen LogP contribution in [0.5, 0.6) is 0 Å². The van der Waals surface area contributed by atoms with Gasteiger partial charge in [-0.15, -0.1) is 11.3 Å². The summed E-state index contributed by atoms with van der Waals surface area (Å²) in [6.45, 7) is 0. The van der Waals surface area contributed by atoms with Crippen molar-refractivity contribution in [2.45, 2.75) is 27.6 Å². The van der Waals surface area contributed by atoms with E-state index in [-0.39, 0.29) is 21.4 Å². The van der Waals surface area contributed by atoms with Gasteiger partial charge in [-0.1, -0.05) is 46.6 Å². The summed E-state index contributed by atoms with van der Waals surface area (Å²) >= 11 is 19.2. The Bertz CT molecular complexity index is 1150. The molecule has 0 spiro atoms. The first-order chi connectivity index (χ1) is 13.7. The van der Waals surface area contributed by atoms with E-state index in [4.69, 9.17) is 34.8 Å². The number of thioether (sulfide) groups is 1. The molecule has 1 N–H and O–H groups in total. The van der Waals surface area contributed by atoms with E-state index in [0.29, 0.717) is 33.8 Å². The minimum Gasteiger partial charge on any atom is -0.285 e. The van der Waals surface area contributed by atoms with Crippen LogP contribution in [0.3, 0.4) is 0 Å². The Morgan fingerprint density at radius 2 is 1.86 bits per heavy atom. The Morgan fingerprint density at radius 3 is 2.48 bits per heavy atom. The monoisotopic (exact) mass is 507 g/mol. The van der Waals surface area contributed by atoms with Crippen molar-refractivity contribution < 1.29 is 18.0 Å². The van der Waals surface area contributed by atoms with Gasteiger partial charge in [-0.25, -0.2) is 8.42 Å². The predicted octanol–water partition coefficient (Wildman–Crippen LogP) is 5.38. The second-order valence-corrected chi connectivity index (χ2v) is 12.4. The van der Waals surface area contributed by atoms with E-state index in [0.717, 1.165) is 11.3 Å². The lowest BCUT2D eigenvalue weighted by Crippen LogP contribution is -2.43. The van der Waals surface area contributed by atoms with Gasteiger partial charge >= 0.3 is 0 Å². The number of imide groups is 1. The Labute approximate surface area is 191 Å². The van der Waals surface area contributed by atoms with Crippen molar-refractivity contribution in [2.75, 3.05) is 0 Å². The van der Waals surface area contributed by atoms with E-state index in [1.165, 1.54) is 12.1 Å². The lowest BCUT2D eigenvalue weighted by molar-refractivity contribution is -0.120. The highest BCUT2D eigenvalue weighted by atomic mass is 35.5. The minimum atomic E-state index is -4.14. The number of hydrogen-bond acceptors (Lipinski definition) is 6. The number of hydrogen-bond donors (Lipinski definition) is 1. The maximum Gasteiger partial charge on any atom is 0.287 e. The Hall–Kier alpha value is -1.21. The summed E-state index contributed by atoms with van der Waals surface area (Å²) in [5.74, 6) is 4.94. The van der Waals surface area contributed by atoms with E-state index in [1.54, 1.807) is 18.2 Å². The van der Waals surface area contributed by atoms with Crippen LogP contribution < -0.4 is 5.32 Å². The molecule has 1 aliphatic rings. The molecule has 2 heterocycles. The number of unbranched alkanes of at least 4 members (excludes halogenated alkanes) is 1. The predicted molar refractivity (Wildman–Crippen MR) is 118 cm³/mol. The van der Waals surface area contributed by atoms with Gasteiger partial charge in [0.1, 0.15) is 4.21 Å². The smallest absolute Gasteiger partial charge is 0.285 e. The Morgan fingerprint density at radius 1 is 1.10 bits per heavy atom. The van der Waals surface area contributed by atoms with Crippen molar-refractivity contribution in [1.82, 2.24) is 5.32 Å². The van der Waals surface area contributed by atoms with E-state index in [2.05, 4.69) is 17.2 Å². The third kappa shape index (κ3) is 4.61. The van der Waals surface area contributed by atoms with Crippen molar-refractivity contribution in [3.05, 3.63) is 50.3 Å². The third-order valence-electron chi connectivity index (χ3n) is 4.03. The van der Waals surface area contributed by atoms with Gasteiger partial charge in [0.25, 0.3) is 11.1 Å². The van der Waals surface area contributed by atoms with E-state index < -0.39 is 25.1 Å². The molecule has 0 radical (unpaired) electrons. The van der Waals surface area contributed by atoms with Crippen LogP contribution in [0.25, 0.3) is 0 Å². The molecule has 1 aromatic heterocycles. The van der Waals surface area contributed by atoms with Crippen LogP contribution in [0.15, 0.2) is 34.5 Å². The number of rotatable bonds is 5. The van der Waals surface area contributed by atoms with Crippen molar-refractivity contribution in [2.24, 2.45) is 0 Å². The zero-order valence-electron chi connectivity index (χ0n) is 14.5. The number of halogens is 3. The summed E-state index contributed by atoms with van der Waals surface area (Å²) in [6.07, 6.45) is 0.496. The van der Waals surface area contributed by atoms with Crippen LogP contribution in [0, 0.1) is 11.8 Å². The second kappa shape index (κ2) is 8.88. The first-order valence-electron chi connectivity index (χ1n) is 8.14. The van der Waals surface area contributed by atoms with Crippen LogP contribution in [0.4, 0.5) is 4.79 Å². The maximum atomic E-state index is 13.1. The molecule has 1 atom stereocenters. The van der Waals surface area contributed by atoms with Crippen molar-refractivity contribution >= 4 is 78.9 Å². The SMILES string of the molecule is O=C1NC(=O)C(CCCC#Cc2cc(Cl)ccc2Cl)(S(=O)(=O)c2ccc(Cl)s2)S1. The molecule has 1 fully saturated rings. The molecule has 5 nitrogen and oxygen atoms in total. The zero-order chi connectivity index (χ0) is 21.2. The van der Waals surface area contributed by atoms with Crippen molar-refractivity contribution in [1.29, 1.82) is 0 Å². The van der Waals surface area contributed by atoms with Crippen molar-refractivity contribution in [3.63, 3.8) is 0 Å². The average Bonchev–Trinajstić information content (AvgIpc) is 3.21. The number of sulfone groups is 1. The molecule has 2 amide bonds. The van der Waals surface area contributed by atoms with E-state index in [1.807, 2.05) is 0 Å².